The number of ether oxygens (including phenoxy) is 2. The zero-order valence-corrected chi connectivity index (χ0v) is 15.1. The first kappa shape index (κ1) is 21.4. The molecule has 28 heavy (non-hydrogen) atoms. The number of hydrogen-bond donors (Lipinski definition) is 4. The molecule has 1 saturated heterocycles. The van der Waals surface area contributed by atoms with Gasteiger partial charge in [0.25, 0.3) is 5.91 Å². The molecule has 11 heteroatoms. The van der Waals surface area contributed by atoms with Crippen LogP contribution in [0.25, 0.3) is 10.9 Å². The Labute approximate surface area is 158 Å². The molecular formula is C17H20F3N3O5. The van der Waals surface area contributed by atoms with E-state index in [1.165, 1.54) is 0 Å². The van der Waals surface area contributed by atoms with Crippen molar-refractivity contribution in [1.82, 2.24) is 15.6 Å². The van der Waals surface area contributed by atoms with E-state index < -0.39 is 12.1 Å². The van der Waals surface area contributed by atoms with Crippen molar-refractivity contribution >= 4 is 22.8 Å². The van der Waals surface area contributed by atoms with E-state index in [0.29, 0.717) is 17.2 Å². The first-order valence-corrected chi connectivity index (χ1v) is 8.22. The lowest BCUT2D eigenvalue weighted by Gasteiger charge is -2.09. The van der Waals surface area contributed by atoms with Gasteiger partial charge < -0.3 is 30.2 Å². The molecule has 0 unspecified atom stereocenters. The molecule has 0 saturated carbocycles. The normalized spacial score (nSPS) is 16.2. The number of H-pyrrole nitrogens is 1. The van der Waals surface area contributed by atoms with Gasteiger partial charge in [0.15, 0.2) is 0 Å². The molecule has 2 heterocycles. The molecule has 1 aliphatic heterocycles. The largest absolute Gasteiger partial charge is 0.496 e. The number of methoxy groups -OCH3 is 2. The van der Waals surface area contributed by atoms with Gasteiger partial charge in [0.1, 0.15) is 17.2 Å². The zero-order valence-electron chi connectivity index (χ0n) is 15.1. The van der Waals surface area contributed by atoms with Gasteiger partial charge in [-0.25, -0.2) is 4.79 Å². The van der Waals surface area contributed by atoms with Crippen molar-refractivity contribution in [3.05, 3.63) is 23.9 Å². The number of carbonyl (C=O) groups is 2. The molecule has 0 bridgehead atoms. The summed E-state index contributed by atoms with van der Waals surface area (Å²) >= 11 is 0. The van der Waals surface area contributed by atoms with Crippen LogP contribution in [0.3, 0.4) is 0 Å². The minimum Gasteiger partial charge on any atom is -0.496 e. The van der Waals surface area contributed by atoms with Gasteiger partial charge in [-0.3, -0.25) is 4.79 Å². The fourth-order valence-corrected chi connectivity index (χ4v) is 2.68. The second-order valence-corrected chi connectivity index (χ2v) is 5.91. The van der Waals surface area contributed by atoms with Crippen molar-refractivity contribution in [2.45, 2.75) is 18.6 Å². The number of carboxylic acids is 1. The highest BCUT2D eigenvalue weighted by atomic mass is 19.4. The van der Waals surface area contributed by atoms with Crippen LogP contribution in [0.4, 0.5) is 13.2 Å². The summed E-state index contributed by atoms with van der Waals surface area (Å²) in [5.74, 6) is -1.47. The number of hydrogen-bond acceptors (Lipinski definition) is 5. The number of carboxylic acid groups (broad SMARTS) is 1. The average Bonchev–Trinajstić information content (AvgIpc) is 3.30. The molecule has 1 amide bonds. The van der Waals surface area contributed by atoms with Crippen LogP contribution in [-0.4, -0.2) is 61.5 Å². The number of carbonyl (C=O) groups excluding carboxylic acids is 1. The maximum Gasteiger partial charge on any atom is 0.490 e. The van der Waals surface area contributed by atoms with E-state index in [2.05, 4.69) is 15.6 Å². The zero-order chi connectivity index (χ0) is 20.9. The second-order valence-electron chi connectivity index (χ2n) is 5.91. The third-order valence-electron chi connectivity index (χ3n) is 4.04. The van der Waals surface area contributed by atoms with Crippen LogP contribution in [-0.2, 0) is 4.79 Å². The number of aliphatic carboxylic acids is 1. The number of aromatic amines is 1. The minimum absolute atomic E-state index is 0.107. The molecule has 1 fully saturated rings. The lowest BCUT2D eigenvalue weighted by atomic mass is 10.2. The Bertz CT molecular complexity index is 803. The molecule has 154 valence electrons. The van der Waals surface area contributed by atoms with E-state index >= 15 is 0 Å². The maximum atomic E-state index is 12.3. The fourth-order valence-electron chi connectivity index (χ4n) is 2.68. The number of rotatable bonds is 4. The Balaban J connectivity index is 0.000000345. The molecule has 1 aliphatic rings. The number of amides is 1. The molecule has 1 aromatic heterocycles. The van der Waals surface area contributed by atoms with E-state index in [-0.39, 0.29) is 11.9 Å². The fraction of sp³-hybridized carbons (Fsp3) is 0.412. The molecule has 1 aromatic carbocycles. The van der Waals surface area contributed by atoms with Gasteiger partial charge in [-0.1, -0.05) is 0 Å². The summed E-state index contributed by atoms with van der Waals surface area (Å²) in [6.45, 7) is 1.76. The van der Waals surface area contributed by atoms with Crippen LogP contribution in [0, 0.1) is 0 Å². The number of halogens is 3. The Morgan fingerprint density at radius 3 is 2.32 bits per heavy atom. The molecule has 0 aliphatic carbocycles. The Morgan fingerprint density at radius 1 is 1.21 bits per heavy atom. The van der Waals surface area contributed by atoms with Crippen LogP contribution in [0.5, 0.6) is 11.5 Å². The summed E-state index contributed by atoms with van der Waals surface area (Å²) < 4.78 is 42.4. The number of nitrogens with one attached hydrogen (secondary N) is 3. The first-order chi connectivity index (χ1) is 13.2. The summed E-state index contributed by atoms with van der Waals surface area (Å²) in [4.78, 5) is 24.3. The Morgan fingerprint density at radius 2 is 1.82 bits per heavy atom. The number of aromatic nitrogens is 1. The Hall–Kier alpha value is -2.95. The van der Waals surface area contributed by atoms with E-state index in [1.54, 1.807) is 20.3 Å². The highest BCUT2D eigenvalue weighted by Gasteiger charge is 2.38. The molecule has 0 spiro atoms. The Kier molecular flexibility index (Phi) is 6.73. The third kappa shape index (κ3) is 5.06. The highest BCUT2D eigenvalue weighted by Crippen LogP contribution is 2.33. The third-order valence-corrected chi connectivity index (χ3v) is 4.04. The number of benzene rings is 1. The number of alkyl halides is 3. The molecule has 2 aromatic rings. The van der Waals surface area contributed by atoms with Crippen LogP contribution in [0.2, 0.25) is 0 Å². The second kappa shape index (κ2) is 8.83. The van der Waals surface area contributed by atoms with Gasteiger partial charge in [-0.15, -0.1) is 0 Å². The van der Waals surface area contributed by atoms with E-state index in [0.717, 1.165) is 30.4 Å². The predicted octanol–water partition coefficient (Wildman–Crippen LogP) is 1.91. The lowest BCUT2D eigenvalue weighted by molar-refractivity contribution is -0.192. The highest BCUT2D eigenvalue weighted by molar-refractivity contribution is 6.01. The van der Waals surface area contributed by atoms with E-state index in [4.69, 9.17) is 19.4 Å². The molecule has 8 nitrogen and oxygen atoms in total. The lowest BCUT2D eigenvalue weighted by Crippen LogP contribution is -2.36. The van der Waals surface area contributed by atoms with Crippen molar-refractivity contribution in [3.63, 3.8) is 0 Å². The van der Waals surface area contributed by atoms with Gasteiger partial charge in [-0.2, -0.15) is 13.2 Å². The van der Waals surface area contributed by atoms with Crippen molar-refractivity contribution in [1.29, 1.82) is 0 Å². The van der Waals surface area contributed by atoms with E-state index in [1.807, 2.05) is 12.1 Å². The SMILES string of the molecule is COc1ccc(OC)c2[nH]c(C(=O)N[C@H]3CCNC3)cc12.O=C(O)C(F)(F)F. The van der Waals surface area contributed by atoms with Gasteiger partial charge in [0, 0.05) is 18.0 Å². The standard InChI is InChI=1S/C15H19N3O3.C2HF3O2/c1-20-12-3-4-13(21-2)14-10(12)7-11(18-14)15(19)17-9-5-6-16-8-9;3-2(4,5)1(6)7/h3-4,7,9,16,18H,5-6,8H2,1-2H3,(H,17,19);(H,6,7)/t9-;/m0./s1. The molecule has 0 radical (unpaired) electrons. The van der Waals surface area contributed by atoms with Crippen molar-refractivity contribution in [2.24, 2.45) is 0 Å². The summed E-state index contributed by atoms with van der Waals surface area (Å²) in [5, 5.41) is 14.2. The van der Waals surface area contributed by atoms with Crippen LogP contribution >= 0.6 is 0 Å². The van der Waals surface area contributed by atoms with Crippen LogP contribution in [0.15, 0.2) is 18.2 Å². The molecule has 1 atom stereocenters. The monoisotopic (exact) mass is 403 g/mol. The quantitative estimate of drug-likeness (QED) is 0.621. The van der Waals surface area contributed by atoms with Crippen molar-refractivity contribution in [3.8, 4) is 11.5 Å². The predicted molar refractivity (Wildman–Crippen MR) is 93.8 cm³/mol. The average molecular weight is 403 g/mol. The van der Waals surface area contributed by atoms with Gasteiger partial charge in [0.05, 0.1) is 19.7 Å². The maximum absolute atomic E-state index is 12.3. The van der Waals surface area contributed by atoms with Gasteiger partial charge >= 0.3 is 12.1 Å². The molecular weight excluding hydrogens is 383 g/mol. The molecule has 4 N–H and O–H groups in total. The van der Waals surface area contributed by atoms with Gasteiger partial charge in [-0.05, 0) is 31.2 Å². The van der Waals surface area contributed by atoms with Gasteiger partial charge in [0.2, 0.25) is 0 Å². The van der Waals surface area contributed by atoms with Crippen LogP contribution < -0.4 is 20.1 Å². The smallest absolute Gasteiger partial charge is 0.490 e. The summed E-state index contributed by atoms with van der Waals surface area (Å²) in [5.41, 5.74) is 1.28. The topological polar surface area (TPSA) is 113 Å². The summed E-state index contributed by atoms with van der Waals surface area (Å²) in [6.07, 6.45) is -4.13. The minimum atomic E-state index is -5.08. The first-order valence-electron chi connectivity index (χ1n) is 8.22. The summed E-state index contributed by atoms with van der Waals surface area (Å²) in [7, 11) is 3.21. The van der Waals surface area contributed by atoms with Crippen molar-refractivity contribution < 1.29 is 37.3 Å². The van der Waals surface area contributed by atoms with Crippen LogP contribution in [0.1, 0.15) is 16.9 Å². The number of fused-ring (bicyclic) bond motifs is 1. The molecule has 3 rings (SSSR count). The van der Waals surface area contributed by atoms with Crippen molar-refractivity contribution in [2.75, 3.05) is 27.3 Å². The van der Waals surface area contributed by atoms with E-state index in [9.17, 15) is 18.0 Å². The summed E-state index contributed by atoms with van der Waals surface area (Å²) in [6, 6.07) is 5.64.